The SMILES string of the molecule is CNC(C1CCOC2(CCCC2)C1)C1CCCC1C. The van der Waals surface area contributed by atoms with Crippen molar-refractivity contribution in [2.45, 2.75) is 76.4 Å². The Morgan fingerprint density at radius 2 is 1.89 bits per heavy atom. The minimum atomic E-state index is 0.278. The highest BCUT2D eigenvalue weighted by molar-refractivity contribution is 4.97. The Labute approximate surface area is 118 Å². The fourth-order valence-electron chi connectivity index (χ4n) is 5.25. The Kier molecular flexibility index (Phi) is 4.19. The molecule has 4 atom stereocenters. The van der Waals surface area contributed by atoms with E-state index in [9.17, 15) is 0 Å². The summed E-state index contributed by atoms with van der Waals surface area (Å²) in [4.78, 5) is 0. The van der Waals surface area contributed by atoms with Crippen LogP contribution in [-0.2, 0) is 4.74 Å². The second-order valence-corrected chi connectivity index (χ2v) is 7.38. The Bertz CT molecular complexity index is 298. The summed E-state index contributed by atoms with van der Waals surface area (Å²) in [5.41, 5.74) is 0.278. The van der Waals surface area contributed by atoms with Crippen molar-refractivity contribution in [2.75, 3.05) is 13.7 Å². The third-order valence-electron chi connectivity index (χ3n) is 6.28. The van der Waals surface area contributed by atoms with E-state index >= 15 is 0 Å². The molecule has 0 bridgehead atoms. The lowest BCUT2D eigenvalue weighted by molar-refractivity contribution is -0.101. The van der Waals surface area contributed by atoms with Gasteiger partial charge in [-0.15, -0.1) is 0 Å². The van der Waals surface area contributed by atoms with Crippen LogP contribution in [0.15, 0.2) is 0 Å². The molecule has 1 heterocycles. The molecule has 1 aliphatic heterocycles. The molecule has 0 aromatic heterocycles. The zero-order valence-corrected chi connectivity index (χ0v) is 12.8. The van der Waals surface area contributed by atoms with Crippen LogP contribution >= 0.6 is 0 Å². The van der Waals surface area contributed by atoms with Gasteiger partial charge in [-0.3, -0.25) is 0 Å². The van der Waals surface area contributed by atoms with Crippen LogP contribution in [0.4, 0.5) is 0 Å². The summed E-state index contributed by atoms with van der Waals surface area (Å²) in [5.74, 6) is 2.67. The molecule has 3 rings (SSSR count). The number of hydrogen-bond donors (Lipinski definition) is 1. The highest BCUT2D eigenvalue weighted by Gasteiger charge is 2.44. The van der Waals surface area contributed by atoms with Crippen molar-refractivity contribution in [3.05, 3.63) is 0 Å². The average molecular weight is 265 g/mol. The largest absolute Gasteiger partial charge is 0.375 e. The van der Waals surface area contributed by atoms with Crippen LogP contribution in [0.1, 0.15) is 64.7 Å². The maximum Gasteiger partial charge on any atom is 0.0685 e. The van der Waals surface area contributed by atoms with Crippen molar-refractivity contribution >= 4 is 0 Å². The van der Waals surface area contributed by atoms with E-state index in [4.69, 9.17) is 4.74 Å². The van der Waals surface area contributed by atoms with Crippen LogP contribution in [0, 0.1) is 17.8 Å². The first-order valence-corrected chi connectivity index (χ1v) is 8.55. The molecular formula is C17H31NO. The average Bonchev–Trinajstić information content (AvgIpc) is 3.02. The molecule has 110 valence electrons. The number of nitrogens with one attached hydrogen (secondary N) is 1. The van der Waals surface area contributed by atoms with E-state index in [0.29, 0.717) is 0 Å². The molecule has 1 N–H and O–H groups in total. The van der Waals surface area contributed by atoms with E-state index in [2.05, 4.69) is 19.3 Å². The van der Waals surface area contributed by atoms with Gasteiger partial charge in [-0.2, -0.15) is 0 Å². The molecule has 2 nitrogen and oxygen atoms in total. The third kappa shape index (κ3) is 2.71. The van der Waals surface area contributed by atoms with Gasteiger partial charge in [-0.05, 0) is 56.9 Å². The van der Waals surface area contributed by atoms with E-state index in [1.807, 2.05) is 0 Å². The lowest BCUT2D eigenvalue weighted by Gasteiger charge is -2.43. The van der Waals surface area contributed by atoms with Gasteiger partial charge in [-0.25, -0.2) is 0 Å². The fraction of sp³-hybridized carbons (Fsp3) is 1.00. The molecule has 0 radical (unpaired) electrons. The third-order valence-corrected chi connectivity index (χ3v) is 6.28. The molecule has 4 unspecified atom stereocenters. The first kappa shape index (κ1) is 13.9. The van der Waals surface area contributed by atoms with Crippen molar-refractivity contribution < 1.29 is 4.74 Å². The standard InChI is InChI=1S/C17H31NO/c1-13-6-5-7-15(13)16(18-2)14-8-11-19-17(12-14)9-3-4-10-17/h13-16,18H,3-12H2,1-2H3. The van der Waals surface area contributed by atoms with Gasteiger partial charge in [0, 0.05) is 12.6 Å². The van der Waals surface area contributed by atoms with Crippen molar-refractivity contribution in [3.8, 4) is 0 Å². The quantitative estimate of drug-likeness (QED) is 0.839. The lowest BCUT2D eigenvalue weighted by Crippen LogP contribution is -2.48. The Morgan fingerprint density at radius 1 is 1.11 bits per heavy atom. The number of hydrogen-bond acceptors (Lipinski definition) is 2. The maximum atomic E-state index is 6.21. The summed E-state index contributed by atoms with van der Waals surface area (Å²) in [6, 6.07) is 0.735. The molecule has 2 heteroatoms. The summed E-state index contributed by atoms with van der Waals surface area (Å²) >= 11 is 0. The molecule has 1 spiro atoms. The van der Waals surface area contributed by atoms with E-state index in [-0.39, 0.29) is 5.60 Å². The van der Waals surface area contributed by atoms with Gasteiger partial charge >= 0.3 is 0 Å². The van der Waals surface area contributed by atoms with Gasteiger partial charge in [0.1, 0.15) is 0 Å². The number of ether oxygens (including phenoxy) is 1. The van der Waals surface area contributed by atoms with Crippen molar-refractivity contribution in [3.63, 3.8) is 0 Å². The molecule has 0 aromatic carbocycles. The van der Waals surface area contributed by atoms with Gasteiger partial charge in [0.05, 0.1) is 5.60 Å². The highest BCUT2D eigenvalue weighted by atomic mass is 16.5. The topological polar surface area (TPSA) is 21.3 Å². The van der Waals surface area contributed by atoms with Crippen LogP contribution in [0.3, 0.4) is 0 Å². The summed E-state index contributed by atoms with van der Waals surface area (Å²) in [6.07, 6.45) is 12.3. The minimum Gasteiger partial charge on any atom is -0.375 e. The normalized spacial score (nSPS) is 39.8. The van der Waals surface area contributed by atoms with E-state index in [1.54, 1.807) is 0 Å². The minimum absolute atomic E-state index is 0.278. The zero-order chi connectivity index (χ0) is 13.3. The van der Waals surface area contributed by atoms with Crippen LogP contribution in [0.25, 0.3) is 0 Å². The van der Waals surface area contributed by atoms with Gasteiger partial charge in [0.2, 0.25) is 0 Å². The Morgan fingerprint density at radius 3 is 2.53 bits per heavy atom. The number of rotatable bonds is 3. The van der Waals surface area contributed by atoms with Gasteiger partial charge in [0.25, 0.3) is 0 Å². The molecule has 2 saturated carbocycles. The first-order valence-electron chi connectivity index (χ1n) is 8.55. The molecular weight excluding hydrogens is 234 g/mol. The molecule has 1 saturated heterocycles. The van der Waals surface area contributed by atoms with E-state index < -0.39 is 0 Å². The van der Waals surface area contributed by atoms with Crippen LogP contribution < -0.4 is 5.32 Å². The molecule has 3 fully saturated rings. The van der Waals surface area contributed by atoms with Gasteiger partial charge < -0.3 is 10.1 Å². The second kappa shape index (κ2) is 5.73. The van der Waals surface area contributed by atoms with Crippen LogP contribution in [0.5, 0.6) is 0 Å². The van der Waals surface area contributed by atoms with Gasteiger partial charge in [-0.1, -0.05) is 32.6 Å². The Balaban J connectivity index is 1.68. The summed E-state index contributed by atoms with van der Waals surface area (Å²) in [5, 5.41) is 3.69. The van der Waals surface area contributed by atoms with Crippen molar-refractivity contribution in [2.24, 2.45) is 17.8 Å². The monoisotopic (exact) mass is 265 g/mol. The summed E-state index contributed by atoms with van der Waals surface area (Å²) in [6.45, 7) is 3.47. The van der Waals surface area contributed by atoms with Crippen molar-refractivity contribution in [1.29, 1.82) is 0 Å². The molecule has 19 heavy (non-hydrogen) atoms. The summed E-state index contributed by atoms with van der Waals surface area (Å²) < 4.78 is 6.21. The summed E-state index contributed by atoms with van der Waals surface area (Å²) in [7, 11) is 2.19. The molecule has 0 amide bonds. The van der Waals surface area contributed by atoms with Crippen molar-refractivity contribution in [1.82, 2.24) is 5.32 Å². The van der Waals surface area contributed by atoms with Gasteiger partial charge in [0.15, 0.2) is 0 Å². The van der Waals surface area contributed by atoms with E-state index in [0.717, 1.165) is 30.4 Å². The predicted octanol–water partition coefficient (Wildman–Crippen LogP) is 3.75. The maximum absolute atomic E-state index is 6.21. The fourth-order valence-corrected chi connectivity index (χ4v) is 5.25. The molecule has 3 aliphatic rings. The highest BCUT2D eigenvalue weighted by Crippen LogP contribution is 2.45. The van der Waals surface area contributed by atoms with Crippen LogP contribution in [0.2, 0.25) is 0 Å². The second-order valence-electron chi connectivity index (χ2n) is 7.38. The molecule has 2 aliphatic carbocycles. The lowest BCUT2D eigenvalue weighted by atomic mass is 9.74. The van der Waals surface area contributed by atoms with E-state index in [1.165, 1.54) is 57.8 Å². The predicted molar refractivity (Wildman–Crippen MR) is 79.2 cm³/mol. The smallest absolute Gasteiger partial charge is 0.0685 e. The Hall–Kier alpha value is -0.0800. The zero-order valence-electron chi connectivity index (χ0n) is 12.8. The first-order chi connectivity index (χ1) is 9.24. The van der Waals surface area contributed by atoms with Crippen LogP contribution in [-0.4, -0.2) is 25.3 Å². The molecule has 0 aromatic rings.